The van der Waals surface area contributed by atoms with Gasteiger partial charge in [-0.15, -0.1) is 0 Å². The average Bonchev–Trinajstić information content (AvgIpc) is 3.01. The zero-order chi connectivity index (χ0) is 13.1. The maximum absolute atomic E-state index is 9.36. The summed E-state index contributed by atoms with van der Waals surface area (Å²) in [4.78, 5) is 0. The fraction of sp³-hybridized carbons (Fsp3) is 0.188. The summed E-state index contributed by atoms with van der Waals surface area (Å²) < 4.78 is 0. The molecule has 3 rings (SSSR count). The zero-order valence-corrected chi connectivity index (χ0v) is 10.6. The van der Waals surface area contributed by atoms with Gasteiger partial charge in [0.15, 0.2) is 0 Å². The van der Waals surface area contributed by atoms with Crippen molar-refractivity contribution in [1.29, 1.82) is 5.26 Å². The lowest BCUT2D eigenvalue weighted by Crippen LogP contribution is -2.16. The van der Waals surface area contributed by atoms with Crippen LogP contribution in [-0.4, -0.2) is 13.2 Å². The molecule has 1 unspecified atom stereocenters. The molecule has 2 aromatic carbocycles. The highest BCUT2D eigenvalue weighted by molar-refractivity contribution is 5.74. The van der Waals surface area contributed by atoms with E-state index in [1.165, 1.54) is 5.56 Å². The van der Waals surface area contributed by atoms with Gasteiger partial charge in [0.25, 0.3) is 0 Å². The van der Waals surface area contributed by atoms with Crippen LogP contribution in [0.1, 0.15) is 17.2 Å². The highest BCUT2D eigenvalue weighted by Crippen LogP contribution is 2.31. The van der Waals surface area contributed by atoms with Crippen molar-refractivity contribution in [2.75, 3.05) is 13.2 Å². The molecule has 1 heterocycles. The highest BCUT2D eigenvalue weighted by atomic mass is 15.2. The van der Waals surface area contributed by atoms with E-state index >= 15 is 0 Å². The molecular formula is C16H15N3. The standard InChI is InChI=1S/C16H15N3/c17-9-13-7-4-8-14(15-10-18-11-19-15)16(13)12-5-2-1-3-6-12/h1-8,15,18-19H,10-11H2. The molecule has 0 bridgehead atoms. The van der Waals surface area contributed by atoms with Crippen molar-refractivity contribution < 1.29 is 0 Å². The zero-order valence-electron chi connectivity index (χ0n) is 10.6. The molecule has 1 fully saturated rings. The second kappa shape index (κ2) is 5.23. The average molecular weight is 249 g/mol. The van der Waals surface area contributed by atoms with Crippen LogP contribution in [0.4, 0.5) is 0 Å². The second-order valence-corrected chi connectivity index (χ2v) is 4.64. The van der Waals surface area contributed by atoms with Crippen LogP contribution in [0, 0.1) is 11.3 Å². The van der Waals surface area contributed by atoms with Gasteiger partial charge in [-0.05, 0) is 17.2 Å². The van der Waals surface area contributed by atoms with Crippen LogP contribution in [0.5, 0.6) is 0 Å². The summed E-state index contributed by atoms with van der Waals surface area (Å²) in [6, 6.07) is 18.6. The van der Waals surface area contributed by atoms with Gasteiger partial charge in [-0.1, -0.05) is 42.5 Å². The molecule has 1 saturated heterocycles. The Morgan fingerprint density at radius 1 is 1.05 bits per heavy atom. The van der Waals surface area contributed by atoms with Gasteiger partial charge in [0.1, 0.15) is 0 Å². The van der Waals surface area contributed by atoms with Gasteiger partial charge in [-0.2, -0.15) is 5.26 Å². The molecule has 2 aromatic rings. The Balaban J connectivity index is 2.17. The van der Waals surface area contributed by atoms with E-state index in [1.54, 1.807) is 0 Å². The first-order valence-electron chi connectivity index (χ1n) is 6.42. The normalized spacial score (nSPS) is 18.2. The maximum Gasteiger partial charge on any atom is 0.0998 e. The third-order valence-electron chi connectivity index (χ3n) is 3.48. The minimum Gasteiger partial charge on any atom is -0.303 e. The Morgan fingerprint density at radius 3 is 2.58 bits per heavy atom. The summed E-state index contributed by atoms with van der Waals surface area (Å²) in [6.07, 6.45) is 0. The van der Waals surface area contributed by atoms with Crippen LogP contribution in [0.15, 0.2) is 48.5 Å². The molecule has 1 atom stereocenters. The van der Waals surface area contributed by atoms with E-state index in [2.05, 4.69) is 34.9 Å². The lowest BCUT2D eigenvalue weighted by atomic mass is 9.91. The van der Waals surface area contributed by atoms with Crippen LogP contribution in [0.25, 0.3) is 11.1 Å². The van der Waals surface area contributed by atoms with Crippen LogP contribution < -0.4 is 10.6 Å². The first-order chi connectivity index (χ1) is 9.40. The molecule has 0 radical (unpaired) electrons. The SMILES string of the molecule is N#Cc1cccc(C2CNCN2)c1-c1ccccc1. The van der Waals surface area contributed by atoms with Crippen molar-refractivity contribution in [1.82, 2.24) is 10.6 Å². The molecule has 0 aliphatic carbocycles. The fourth-order valence-corrected chi connectivity index (χ4v) is 2.58. The van der Waals surface area contributed by atoms with E-state index in [4.69, 9.17) is 0 Å². The Hall–Kier alpha value is -2.15. The molecule has 0 amide bonds. The maximum atomic E-state index is 9.36. The Kier molecular flexibility index (Phi) is 3.28. The molecule has 3 nitrogen and oxygen atoms in total. The number of rotatable bonds is 2. The lowest BCUT2D eigenvalue weighted by Gasteiger charge is -2.16. The van der Waals surface area contributed by atoms with Gasteiger partial charge in [-0.3, -0.25) is 5.32 Å². The predicted molar refractivity (Wildman–Crippen MR) is 75.3 cm³/mol. The minimum absolute atomic E-state index is 0.267. The largest absolute Gasteiger partial charge is 0.303 e. The summed E-state index contributed by atoms with van der Waals surface area (Å²) in [5, 5.41) is 16.1. The van der Waals surface area contributed by atoms with Crippen LogP contribution >= 0.6 is 0 Å². The number of hydrogen-bond acceptors (Lipinski definition) is 3. The summed E-state index contributed by atoms with van der Waals surface area (Å²) in [7, 11) is 0. The number of hydrogen-bond donors (Lipinski definition) is 2. The first-order valence-corrected chi connectivity index (χ1v) is 6.42. The summed E-state index contributed by atoms with van der Waals surface area (Å²) in [5.74, 6) is 0. The molecule has 0 saturated carbocycles. The molecule has 2 N–H and O–H groups in total. The van der Waals surface area contributed by atoms with Crippen molar-refractivity contribution >= 4 is 0 Å². The number of nitriles is 1. The fourth-order valence-electron chi connectivity index (χ4n) is 2.58. The van der Waals surface area contributed by atoms with Crippen molar-refractivity contribution in [3.63, 3.8) is 0 Å². The molecule has 1 aliphatic heterocycles. The number of nitrogens with one attached hydrogen (secondary N) is 2. The summed E-state index contributed by atoms with van der Waals surface area (Å²) in [5.41, 5.74) is 4.07. The van der Waals surface area contributed by atoms with Gasteiger partial charge in [0.2, 0.25) is 0 Å². The topological polar surface area (TPSA) is 47.9 Å². The van der Waals surface area contributed by atoms with E-state index in [9.17, 15) is 5.26 Å². The molecule has 19 heavy (non-hydrogen) atoms. The third-order valence-corrected chi connectivity index (χ3v) is 3.48. The van der Waals surface area contributed by atoms with Crippen molar-refractivity contribution in [3.8, 4) is 17.2 Å². The van der Waals surface area contributed by atoms with Crippen molar-refractivity contribution in [2.45, 2.75) is 6.04 Å². The van der Waals surface area contributed by atoms with E-state index in [0.717, 1.165) is 29.9 Å². The minimum atomic E-state index is 0.267. The van der Waals surface area contributed by atoms with Crippen LogP contribution in [0.2, 0.25) is 0 Å². The lowest BCUT2D eigenvalue weighted by molar-refractivity contribution is 0.678. The second-order valence-electron chi connectivity index (χ2n) is 4.64. The molecule has 3 heteroatoms. The monoisotopic (exact) mass is 249 g/mol. The molecular weight excluding hydrogens is 234 g/mol. The van der Waals surface area contributed by atoms with Crippen molar-refractivity contribution in [2.24, 2.45) is 0 Å². The van der Waals surface area contributed by atoms with E-state index in [-0.39, 0.29) is 6.04 Å². The first kappa shape index (κ1) is 11.9. The number of benzene rings is 2. The Morgan fingerprint density at radius 2 is 1.89 bits per heavy atom. The predicted octanol–water partition coefficient (Wildman–Crippen LogP) is 2.42. The van der Waals surface area contributed by atoms with Gasteiger partial charge in [0, 0.05) is 24.8 Å². The van der Waals surface area contributed by atoms with Gasteiger partial charge < -0.3 is 5.32 Å². The van der Waals surface area contributed by atoms with E-state index in [0.29, 0.717) is 0 Å². The Labute approximate surface area is 112 Å². The molecule has 0 aromatic heterocycles. The van der Waals surface area contributed by atoms with Crippen LogP contribution in [-0.2, 0) is 0 Å². The quantitative estimate of drug-likeness (QED) is 0.859. The van der Waals surface area contributed by atoms with Gasteiger partial charge >= 0.3 is 0 Å². The molecule has 1 aliphatic rings. The highest BCUT2D eigenvalue weighted by Gasteiger charge is 2.21. The van der Waals surface area contributed by atoms with Crippen LogP contribution in [0.3, 0.4) is 0 Å². The summed E-state index contributed by atoms with van der Waals surface area (Å²) >= 11 is 0. The molecule has 94 valence electrons. The molecule has 0 spiro atoms. The van der Waals surface area contributed by atoms with Gasteiger partial charge in [0.05, 0.1) is 11.6 Å². The van der Waals surface area contributed by atoms with Crippen molar-refractivity contribution in [3.05, 3.63) is 59.7 Å². The summed E-state index contributed by atoms with van der Waals surface area (Å²) in [6.45, 7) is 1.71. The smallest absolute Gasteiger partial charge is 0.0998 e. The van der Waals surface area contributed by atoms with Gasteiger partial charge in [-0.25, -0.2) is 0 Å². The van der Waals surface area contributed by atoms with E-state index < -0.39 is 0 Å². The number of nitrogens with zero attached hydrogens (tertiary/aromatic N) is 1. The van der Waals surface area contributed by atoms with E-state index in [1.807, 2.05) is 30.3 Å². The third kappa shape index (κ3) is 2.24. The Bertz CT molecular complexity index is 608.